The van der Waals surface area contributed by atoms with Crippen molar-refractivity contribution in [1.29, 1.82) is 0 Å². The molecule has 5 nitrogen and oxygen atoms in total. The fraction of sp³-hybridized carbons (Fsp3) is 0.500. The average Bonchev–Trinajstić information content (AvgIpc) is 2.75. The van der Waals surface area contributed by atoms with E-state index in [1.807, 2.05) is 0 Å². The minimum Gasteiger partial charge on any atom is -0.497 e. The summed E-state index contributed by atoms with van der Waals surface area (Å²) in [6.45, 7) is 11.0. The second-order valence-electron chi connectivity index (χ2n) is 7.50. The number of hydrogen-bond acceptors (Lipinski definition) is 5. The van der Waals surface area contributed by atoms with Crippen LogP contribution in [0.1, 0.15) is 42.1 Å². The van der Waals surface area contributed by atoms with E-state index in [-0.39, 0.29) is 6.04 Å². The molecule has 0 radical (unpaired) electrons. The normalized spacial score (nSPS) is 15.9. The first kappa shape index (κ1) is 21.5. The minimum absolute atomic E-state index is 0.114. The van der Waals surface area contributed by atoms with E-state index >= 15 is 0 Å². The molecule has 158 valence electrons. The summed E-state index contributed by atoms with van der Waals surface area (Å²) in [5.74, 6) is 2.51. The maximum atomic E-state index is 6.16. The van der Waals surface area contributed by atoms with Gasteiger partial charge in [0.2, 0.25) is 0 Å². The van der Waals surface area contributed by atoms with Crippen LogP contribution in [0.5, 0.6) is 17.2 Å². The topological polar surface area (TPSA) is 43.0 Å². The van der Waals surface area contributed by atoms with Crippen molar-refractivity contribution in [3.8, 4) is 17.2 Å². The molecule has 2 aromatic rings. The molecule has 1 N–H and O–H groups in total. The number of nitrogens with one attached hydrogen (secondary N) is 1. The summed E-state index contributed by atoms with van der Waals surface area (Å²) in [6.07, 6.45) is 0.977. The number of aryl methyl sites for hydroxylation is 1. The standard InChI is InChI=1S/C24H34N2O3/c1-6-26(7-2)10-11-29-23-16-21-18(15-22(23)28-5)8-9-25-24(21)19-12-17(3)13-20(14-19)27-4/h12-16,24-25H,6-11H2,1-5H3. The van der Waals surface area contributed by atoms with Crippen LogP contribution >= 0.6 is 0 Å². The van der Waals surface area contributed by atoms with Gasteiger partial charge in [0.05, 0.1) is 20.3 Å². The van der Waals surface area contributed by atoms with Crippen molar-refractivity contribution < 1.29 is 14.2 Å². The van der Waals surface area contributed by atoms with E-state index in [0.29, 0.717) is 6.61 Å². The average molecular weight is 399 g/mol. The minimum atomic E-state index is 0.114. The summed E-state index contributed by atoms with van der Waals surface area (Å²) in [5.41, 5.74) is 4.96. The molecule has 0 saturated heterocycles. The zero-order chi connectivity index (χ0) is 20.8. The first-order valence-corrected chi connectivity index (χ1v) is 10.5. The lowest BCUT2D eigenvalue weighted by Crippen LogP contribution is -2.31. The highest BCUT2D eigenvalue weighted by Gasteiger charge is 2.24. The molecular formula is C24H34N2O3. The summed E-state index contributed by atoms with van der Waals surface area (Å²) < 4.78 is 17.3. The number of fused-ring (bicyclic) bond motifs is 1. The molecule has 0 saturated carbocycles. The number of methoxy groups -OCH3 is 2. The Kier molecular flexibility index (Phi) is 7.40. The molecule has 0 aromatic heterocycles. The molecule has 1 aliphatic rings. The van der Waals surface area contributed by atoms with Gasteiger partial charge in [0.15, 0.2) is 11.5 Å². The van der Waals surface area contributed by atoms with Gasteiger partial charge in [0.25, 0.3) is 0 Å². The molecular weight excluding hydrogens is 364 g/mol. The summed E-state index contributed by atoms with van der Waals surface area (Å²) in [4.78, 5) is 2.36. The fourth-order valence-electron chi connectivity index (χ4n) is 4.02. The molecule has 2 aromatic carbocycles. The van der Waals surface area contributed by atoms with Crippen molar-refractivity contribution in [2.45, 2.75) is 33.2 Å². The summed E-state index contributed by atoms with van der Waals surface area (Å²) in [5, 5.41) is 3.67. The molecule has 1 atom stereocenters. The molecule has 0 aliphatic carbocycles. The van der Waals surface area contributed by atoms with Gasteiger partial charge in [-0.1, -0.05) is 19.9 Å². The Morgan fingerprint density at radius 3 is 2.48 bits per heavy atom. The largest absolute Gasteiger partial charge is 0.497 e. The van der Waals surface area contributed by atoms with E-state index in [1.54, 1.807) is 14.2 Å². The van der Waals surface area contributed by atoms with Crippen LogP contribution in [0.25, 0.3) is 0 Å². The zero-order valence-electron chi connectivity index (χ0n) is 18.4. The SMILES string of the molecule is CCN(CC)CCOc1cc2c(cc1OC)CCNC2c1cc(C)cc(OC)c1. The quantitative estimate of drug-likeness (QED) is 0.692. The summed E-state index contributed by atoms with van der Waals surface area (Å²) in [7, 11) is 3.43. The summed E-state index contributed by atoms with van der Waals surface area (Å²) in [6, 6.07) is 10.8. The van der Waals surface area contributed by atoms with Gasteiger partial charge in [-0.05, 0) is 73.0 Å². The highest BCUT2D eigenvalue weighted by molar-refractivity contribution is 5.52. The number of benzene rings is 2. The van der Waals surface area contributed by atoms with Crippen LogP contribution in [-0.2, 0) is 6.42 Å². The molecule has 1 heterocycles. The Balaban J connectivity index is 1.90. The van der Waals surface area contributed by atoms with Crippen molar-refractivity contribution in [2.75, 3.05) is 47.0 Å². The lowest BCUT2D eigenvalue weighted by atomic mass is 9.88. The van der Waals surface area contributed by atoms with Gasteiger partial charge in [-0.25, -0.2) is 0 Å². The number of nitrogens with zero attached hydrogens (tertiary/aromatic N) is 1. The molecule has 0 fully saturated rings. The van der Waals surface area contributed by atoms with Gasteiger partial charge in [-0.2, -0.15) is 0 Å². The number of ether oxygens (including phenoxy) is 3. The third-order valence-corrected chi connectivity index (χ3v) is 5.68. The van der Waals surface area contributed by atoms with Gasteiger partial charge in [-0.3, -0.25) is 0 Å². The molecule has 29 heavy (non-hydrogen) atoms. The van der Waals surface area contributed by atoms with Crippen molar-refractivity contribution in [2.24, 2.45) is 0 Å². The van der Waals surface area contributed by atoms with Crippen LogP contribution in [0.2, 0.25) is 0 Å². The van der Waals surface area contributed by atoms with E-state index in [4.69, 9.17) is 14.2 Å². The van der Waals surface area contributed by atoms with Gasteiger partial charge >= 0.3 is 0 Å². The van der Waals surface area contributed by atoms with E-state index in [9.17, 15) is 0 Å². The first-order chi connectivity index (χ1) is 14.1. The van der Waals surface area contributed by atoms with Gasteiger partial charge in [0, 0.05) is 13.1 Å². The molecule has 3 rings (SSSR count). The van der Waals surface area contributed by atoms with Crippen LogP contribution in [0.4, 0.5) is 0 Å². The lowest BCUT2D eigenvalue weighted by Gasteiger charge is -2.29. The van der Waals surface area contributed by atoms with Crippen molar-refractivity contribution >= 4 is 0 Å². The number of hydrogen-bond donors (Lipinski definition) is 1. The lowest BCUT2D eigenvalue weighted by molar-refractivity contribution is 0.217. The van der Waals surface area contributed by atoms with Crippen molar-refractivity contribution in [1.82, 2.24) is 10.2 Å². The highest BCUT2D eigenvalue weighted by atomic mass is 16.5. The van der Waals surface area contributed by atoms with Gasteiger partial charge in [-0.15, -0.1) is 0 Å². The Morgan fingerprint density at radius 1 is 1.00 bits per heavy atom. The Morgan fingerprint density at radius 2 is 1.79 bits per heavy atom. The predicted octanol–water partition coefficient (Wildman–Crippen LogP) is 3.97. The Hall–Kier alpha value is -2.24. The molecule has 0 amide bonds. The molecule has 0 bridgehead atoms. The fourth-order valence-corrected chi connectivity index (χ4v) is 4.02. The van der Waals surface area contributed by atoms with E-state index < -0.39 is 0 Å². The van der Waals surface area contributed by atoms with Crippen LogP contribution in [0.15, 0.2) is 30.3 Å². The van der Waals surface area contributed by atoms with E-state index in [2.05, 4.69) is 61.3 Å². The first-order valence-electron chi connectivity index (χ1n) is 10.5. The van der Waals surface area contributed by atoms with Crippen molar-refractivity contribution in [3.63, 3.8) is 0 Å². The predicted molar refractivity (Wildman–Crippen MR) is 118 cm³/mol. The van der Waals surface area contributed by atoms with E-state index in [1.165, 1.54) is 22.3 Å². The molecule has 1 unspecified atom stereocenters. The second kappa shape index (κ2) is 9.99. The smallest absolute Gasteiger partial charge is 0.161 e. The third-order valence-electron chi connectivity index (χ3n) is 5.68. The maximum Gasteiger partial charge on any atom is 0.161 e. The van der Waals surface area contributed by atoms with Crippen molar-refractivity contribution in [3.05, 3.63) is 52.6 Å². The molecule has 0 spiro atoms. The van der Waals surface area contributed by atoms with Gasteiger partial charge in [0.1, 0.15) is 12.4 Å². The van der Waals surface area contributed by atoms with Crippen LogP contribution in [0.3, 0.4) is 0 Å². The second-order valence-corrected chi connectivity index (χ2v) is 7.50. The molecule has 5 heteroatoms. The zero-order valence-corrected chi connectivity index (χ0v) is 18.4. The molecule has 1 aliphatic heterocycles. The Bertz CT molecular complexity index is 818. The maximum absolute atomic E-state index is 6.16. The van der Waals surface area contributed by atoms with E-state index in [0.717, 1.165) is 49.8 Å². The van der Waals surface area contributed by atoms with Crippen LogP contribution < -0.4 is 19.5 Å². The summed E-state index contributed by atoms with van der Waals surface area (Å²) >= 11 is 0. The Labute approximate surface area is 175 Å². The number of likely N-dealkylation sites (N-methyl/N-ethyl adjacent to an activating group) is 1. The third kappa shape index (κ3) is 5.03. The highest BCUT2D eigenvalue weighted by Crippen LogP contribution is 2.38. The van der Waals surface area contributed by atoms with Crippen LogP contribution in [-0.4, -0.2) is 51.9 Å². The monoisotopic (exact) mass is 398 g/mol. The van der Waals surface area contributed by atoms with Crippen LogP contribution in [0, 0.1) is 6.92 Å². The van der Waals surface area contributed by atoms with Gasteiger partial charge < -0.3 is 24.4 Å². The number of rotatable bonds is 9.